The van der Waals surface area contributed by atoms with Gasteiger partial charge in [-0.2, -0.15) is 0 Å². The zero-order valence-electron chi connectivity index (χ0n) is 10.6. The molecule has 0 aliphatic rings. The number of thiophene rings is 1. The van der Waals surface area contributed by atoms with Crippen LogP contribution in [-0.2, 0) is 0 Å². The number of thiazole rings is 1. The highest BCUT2D eigenvalue weighted by atomic mass is 32.1. The van der Waals surface area contributed by atoms with Crippen LogP contribution in [0.5, 0.6) is 0 Å². The molecular weight excluding hydrogens is 306 g/mol. The van der Waals surface area contributed by atoms with E-state index in [0.717, 1.165) is 16.9 Å². The smallest absolute Gasteiger partial charge is 0.275 e. The van der Waals surface area contributed by atoms with Crippen LogP contribution in [0.3, 0.4) is 0 Å². The second kappa shape index (κ2) is 5.94. The molecule has 1 N–H and O–H groups in total. The van der Waals surface area contributed by atoms with E-state index in [-0.39, 0.29) is 5.91 Å². The number of hydrogen-bond donors (Lipinski definition) is 1. The first kappa shape index (κ1) is 13.6. The maximum Gasteiger partial charge on any atom is 0.275 e. The minimum Gasteiger partial charge on any atom is -0.319 e. The molecule has 0 radical (unpaired) electrons. The van der Waals surface area contributed by atoms with Crippen molar-refractivity contribution in [2.45, 2.75) is 0 Å². The van der Waals surface area contributed by atoms with Gasteiger partial charge in [0.25, 0.3) is 5.91 Å². The van der Waals surface area contributed by atoms with Gasteiger partial charge >= 0.3 is 0 Å². The minimum absolute atomic E-state index is 0.321. The fourth-order valence-electron chi connectivity index (χ4n) is 1.70. The highest BCUT2D eigenvalue weighted by molar-refractivity contribution is 7.13. The van der Waals surface area contributed by atoms with Crippen molar-refractivity contribution >= 4 is 40.6 Å². The molecule has 3 heterocycles. The number of pyridine rings is 1. The molecular formula is C14H9N3O2S2. The normalized spacial score (nSPS) is 10.3. The Morgan fingerprint density at radius 2 is 2.19 bits per heavy atom. The van der Waals surface area contributed by atoms with Gasteiger partial charge in [0.05, 0.1) is 10.6 Å². The van der Waals surface area contributed by atoms with Crippen molar-refractivity contribution in [3.63, 3.8) is 0 Å². The summed E-state index contributed by atoms with van der Waals surface area (Å²) < 4.78 is 0. The van der Waals surface area contributed by atoms with E-state index in [1.165, 1.54) is 22.7 Å². The summed E-state index contributed by atoms with van der Waals surface area (Å²) >= 11 is 2.65. The summed E-state index contributed by atoms with van der Waals surface area (Å²) in [5.74, 6) is -0.331. The summed E-state index contributed by atoms with van der Waals surface area (Å²) in [6, 6.07) is 5.40. The summed E-state index contributed by atoms with van der Waals surface area (Å²) in [6.45, 7) is 0. The number of anilines is 1. The maximum atomic E-state index is 12.1. The Kier molecular flexibility index (Phi) is 3.85. The van der Waals surface area contributed by atoms with Crippen LogP contribution in [-0.4, -0.2) is 22.2 Å². The van der Waals surface area contributed by atoms with Gasteiger partial charge in [-0.25, -0.2) is 4.98 Å². The van der Waals surface area contributed by atoms with E-state index in [9.17, 15) is 9.59 Å². The van der Waals surface area contributed by atoms with E-state index >= 15 is 0 Å². The molecule has 0 saturated carbocycles. The SMILES string of the molecule is O=Cc1sccc1NC(=O)c1csc(-c2cccnc2)n1. The lowest BCUT2D eigenvalue weighted by molar-refractivity contribution is 0.102. The van der Waals surface area contributed by atoms with E-state index in [0.29, 0.717) is 16.3 Å². The number of aldehydes is 1. The van der Waals surface area contributed by atoms with Crippen LogP contribution >= 0.6 is 22.7 Å². The maximum absolute atomic E-state index is 12.1. The third kappa shape index (κ3) is 2.88. The standard InChI is InChI=1S/C14H9N3O2S2/c18-7-12-10(3-5-20-12)16-13(19)11-8-21-14(17-11)9-2-1-4-15-6-9/h1-8H,(H,16,19). The summed E-state index contributed by atoms with van der Waals surface area (Å²) in [6.07, 6.45) is 4.11. The third-order valence-electron chi connectivity index (χ3n) is 2.70. The van der Waals surface area contributed by atoms with Gasteiger partial charge < -0.3 is 5.32 Å². The zero-order valence-corrected chi connectivity index (χ0v) is 12.3. The summed E-state index contributed by atoms with van der Waals surface area (Å²) in [7, 11) is 0. The van der Waals surface area contributed by atoms with Gasteiger partial charge in [0.2, 0.25) is 0 Å². The van der Waals surface area contributed by atoms with E-state index < -0.39 is 0 Å². The zero-order chi connectivity index (χ0) is 14.7. The van der Waals surface area contributed by atoms with Gasteiger partial charge in [-0.05, 0) is 23.6 Å². The largest absolute Gasteiger partial charge is 0.319 e. The molecule has 3 aromatic rings. The molecule has 0 aliphatic carbocycles. The Morgan fingerprint density at radius 1 is 1.29 bits per heavy atom. The molecule has 3 aromatic heterocycles. The number of carbonyl (C=O) groups is 2. The van der Waals surface area contributed by atoms with Crippen molar-refractivity contribution in [2.75, 3.05) is 5.32 Å². The second-order valence-electron chi connectivity index (χ2n) is 4.05. The van der Waals surface area contributed by atoms with Crippen LogP contribution in [0.25, 0.3) is 10.6 Å². The summed E-state index contributed by atoms with van der Waals surface area (Å²) in [5.41, 5.74) is 1.70. The number of amides is 1. The monoisotopic (exact) mass is 315 g/mol. The molecule has 0 atom stereocenters. The lowest BCUT2D eigenvalue weighted by atomic mass is 10.3. The quantitative estimate of drug-likeness (QED) is 0.750. The van der Waals surface area contributed by atoms with Gasteiger partial charge in [-0.15, -0.1) is 22.7 Å². The molecule has 104 valence electrons. The lowest BCUT2D eigenvalue weighted by Crippen LogP contribution is -2.12. The van der Waals surface area contributed by atoms with Crippen molar-refractivity contribution in [3.05, 3.63) is 51.9 Å². The van der Waals surface area contributed by atoms with Gasteiger partial charge in [0.1, 0.15) is 10.7 Å². The second-order valence-corrected chi connectivity index (χ2v) is 5.86. The molecule has 0 unspecified atom stereocenters. The molecule has 7 heteroatoms. The number of rotatable bonds is 4. The topological polar surface area (TPSA) is 72.0 Å². The highest BCUT2D eigenvalue weighted by Crippen LogP contribution is 2.24. The Morgan fingerprint density at radius 3 is 2.95 bits per heavy atom. The molecule has 5 nitrogen and oxygen atoms in total. The number of hydrogen-bond acceptors (Lipinski definition) is 6. The average molecular weight is 315 g/mol. The number of nitrogens with one attached hydrogen (secondary N) is 1. The Bertz CT molecular complexity index is 780. The average Bonchev–Trinajstić information content (AvgIpc) is 3.17. The summed E-state index contributed by atoms with van der Waals surface area (Å²) in [5, 5.41) is 6.86. The first-order chi connectivity index (χ1) is 10.3. The molecule has 0 saturated heterocycles. The first-order valence-electron chi connectivity index (χ1n) is 5.98. The molecule has 0 aliphatic heterocycles. The minimum atomic E-state index is -0.331. The van der Waals surface area contributed by atoms with Gasteiger partial charge in [-0.3, -0.25) is 14.6 Å². The Hall–Kier alpha value is -2.38. The van der Waals surface area contributed by atoms with Crippen LogP contribution < -0.4 is 5.32 Å². The van der Waals surface area contributed by atoms with Crippen LogP contribution in [0.4, 0.5) is 5.69 Å². The van der Waals surface area contributed by atoms with Crippen LogP contribution in [0.2, 0.25) is 0 Å². The first-order valence-corrected chi connectivity index (χ1v) is 7.74. The molecule has 0 fully saturated rings. The predicted molar refractivity (Wildman–Crippen MR) is 83.0 cm³/mol. The van der Waals surface area contributed by atoms with Crippen molar-refractivity contribution < 1.29 is 9.59 Å². The number of carbonyl (C=O) groups excluding carboxylic acids is 2. The fourth-order valence-corrected chi connectivity index (χ4v) is 3.14. The van der Waals surface area contributed by atoms with Crippen LogP contribution in [0, 0.1) is 0 Å². The lowest BCUT2D eigenvalue weighted by Gasteiger charge is -2.00. The van der Waals surface area contributed by atoms with Crippen LogP contribution in [0.15, 0.2) is 41.4 Å². The predicted octanol–water partition coefficient (Wildman–Crippen LogP) is 3.33. The third-order valence-corrected chi connectivity index (χ3v) is 4.43. The van der Waals surface area contributed by atoms with Crippen molar-refractivity contribution in [1.29, 1.82) is 0 Å². The van der Waals surface area contributed by atoms with Crippen molar-refractivity contribution in [3.8, 4) is 10.6 Å². The van der Waals surface area contributed by atoms with Gasteiger partial charge in [0, 0.05) is 23.3 Å². The van der Waals surface area contributed by atoms with Crippen molar-refractivity contribution in [1.82, 2.24) is 9.97 Å². The van der Waals surface area contributed by atoms with Gasteiger partial charge in [0.15, 0.2) is 6.29 Å². The highest BCUT2D eigenvalue weighted by Gasteiger charge is 2.14. The molecule has 0 bridgehead atoms. The van der Waals surface area contributed by atoms with E-state index in [1.54, 1.807) is 29.2 Å². The fraction of sp³-hybridized carbons (Fsp3) is 0. The van der Waals surface area contributed by atoms with E-state index in [4.69, 9.17) is 0 Å². The van der Waals surface area contributed by atoms with E-state index in [2.05, 4.69) is 15.3 Å². The molecule has 3 rings (SSSR count). The molecule has 21 heavy (non-hydrogen) atoms. The van der Waals surface area contributed by atoms with Gasteiger partial charge in [-0.1, -0.05) is 0 Å². The molecule has 0 spiro atoms. The Labute approximate surface area is 128 Å². The number of nitrogens with zero attached hydrogens (tertiary/aromatic N) is 2. The summed E-state index contributed by atoms with van der Waals surface area (Å²) in [4.78, 5) is 31.8. The number of aromatic nitrogens is 2. The molecule has 0 aromatic carbocycles. The van der Waals surface area contributed by atoms with Crippen molar-refractivity contribution in [2.24, 2.45) is 0 Å². The Balaban J connectivity index is 1.80. The van der Waals surface area contributed by atoms with Crippen LogP contribution in [0.1, 0.15) is 20.2 Å². The van der Waals surface area contributed by atoms with E-state index in [1.807, 2.05) is 12.1 Å². The molecule has 1 amide bonds.